The minimum Gasteiger partial charge on any atom is -0.495 e. The van der Waals surface area contributed by atoms with Gasteiger partial charge in [-0.15, -0.1) is 0 Å². The molecule has 1 aromatic carbocycles. The van der Waals surface area contributed by atoms with Crippen molar-refractivity contribution in [1.29, 1.82) is 0 Å². The number of amides is 1. The summed E-state index contributed by atoms with van der Waals surface area (Å²) in [5.74, 6) is 1.87. The van der Waals surface area contributed by atoms with Crippen molar-refractivity contribution < 1.29 is 18.8 Å². The number of aryl methyl sites for hydroxylation is 1. The summed E-state index contributed by atoms with van der Waals surface area (Å²) in [5, 5.41) is 7.23. The van der Waals surface area contributed by atoms with Crippen LogP contribution >= 0.6 is 15.9 Å². The third kappa shape index (κ3) is 3.56. The standard InChI is InChI=1S/C18H22BrN3O4/c1-11-20-17(22-26-11)18(7-5-4-6-8-18)21-16(23)12-9-13(24-2)15(19)14(10-12)25-3/h9-10H,4-8H2,1-3H3,(H,21,23). The lowest BCUT2D eigenvalue weighted by atomic mass is 9.80. The molecule has 0 bridgehead atoms. The predicted molar refractivity (Wildman–Crippen MR) is 98.5 cm³/mol. The largest absolute Gasteiger partial charge is 0.495 e. The van der Waals surface area contributed by atoms with Crippen molar-refractivity contribution in [2.24, 2.45) is 0 Å². The highest BCUT2D eigenvalue weighted by molar-refractivity contribution is 9.10. The van der Waals surface area contributed by atoms with Crippen LogP contribution in [0.2, 0.25) is 0 Å². The molecule has 1 aromatic heterocycles. The van der Waals surface area contributed by atoms with Gasteiger partial charge in [-0.05, 0) is 40.9 Å². The Labute approximate surface area is 160 Å². The van der Waals surface area contributed by atoms with Gasteiger partial charge < -0.3 is 19.3 Å². The van der Waals surface area contributed by atoms with Gasteiger partial charge in [-0.1, -0.05) is 24.4 Å². The van der Waals surface area contributed by atoms with E-state index in [2.05, 4.69) is 31.4 Å². The van der Waals surface area contributed by atoms with Crippen LogP contribution in [0.3, 0.4) is 0 Å². The number of aromatic nitrogens is 2. The Morgan fingerprint density at radius 3 is 2.31 bits per heavy atom. The second kappa shape index (κ2) is 7.65. The third-order valence-electron chi connectivity index (χ3n) is 4.72. The van der Waals surface area contributed by atoms with Crippen molar-refractivity contribution in [1.82, 2.24) is 15.5 Å². The third-order valence-corrected chi connectivity index (χ3v) is 5.50. The Balaban J connectivity index is 1.94. The van der Waals surface area contributed by atoms with Crippen LogP contribution < -0.4 is 14.8 Å². The van der Waals surface area contributed by atoms with E-state index >= 15 is 0 Å². The van der Waals surface area contributed by atoms with Crippen molar-refractivity contribution in [2.75, 3.05) is 14.2 Å². The van der Waals surface area contributed by atoms with E-state index < -0.39 is 5.54 Å². The molecular formula is C18H22BrN3O4. The first-order chi connectivity index (χ1) is 12.5. The molecule has 26 heavy (non-hydrogen) atoms. The van der Waals surface area contributed by atoms with Gasteiger partial charge in [-0.3, -0.25) is 4.79 Å². The Morgan fingerprint density at radius 2 is 1.81 bits per heavy atom. The van der Waals surface area contributed by atoms with Crippen LogP contribution in [0.25, 0.3) is 0 Å². The molecule has 0 spiro atoms. The van der Waals surface area contributed by atoms with Gasteiger partial charge in [0, 0.05) is 12.5 Å². The molecule has 0 aliphatic heterocycles. The van der Waals surface area contributed by atoms with Crippen molar-refractivity contribution >= 4 is 21.8 Å². The van der Waals surface area contributed by atoms with Crippen LogP contribution in [-0.4, -0.2) is 30.3 Å². The van der Waals surface area contributed by atoms with Gasteiger partial charge in [0.05, 0.1) is 14.2 Å². The second-order valence-electron chi connectivity index (χ2n) is 6.43. The first-order valence-corrected chi connectivity index (χ1v) is 9.33. The van der Waals surface area contributed by atoms with E-state index in [0.29, 0.717) is 33.3 Å². The van der Waals surface area contributed by atoms with E-state index in [1.807, 2.05) is 0 Å². The smallest absolute Gasteiger partial charge is 0.252 e. The number of hydrogen-bond donors (Lipinski definition) is 1. The van der Waals surface area contributed by atoms with Crippen LogP contribution in [0, 0.1) is 6.92 Å². The van der Waals surface area contributed by atoms with Crippen LogP contribution in [0.15, 0.2) is 21.1 Å². The van der Waals surface area contributed by atoms with Crippen LogP contribution in [0.1, 0.15) is 54.2 Å². The first-order valence-electron chi connectivity index (χ1n) is 8.54. The molecule has 1 saturated carbocycles. The molecule has 7 nitrogen and oxygen atoms in total. The number of hydrogen-bond acceptors (Lipinski definition) is 6. The van der Waals surface area contributed by atoms with Gasteiger partial charge in [0.25, 0.3) is 5.91 Å². The summed E-state index contributed by atoms with van der Waals surface area (Å²) in [5.41, 5.74) is -0.159. The van der Waals surface area contributed by atoms with Crippen LogP contribution in [0.5, 0.6) is 11.5 Å². The molecule has 140 valence electrons. The maximum absolute atomic E-state index is 13.0. The summed E-state index contributed by atoms with van der Waals surface area (Å²) in [7, 11) is 3.10. The molecule has 0 atom stereocenters. The van der Waals surface area contributed by atoms with E-state index in [1.54, 1.807) is 33.3 Å². The van der Waals surface area contributed by atoms with Crippen LogP contribution in [-0.2, 0) is 5.54 Å². The molecule has 3 rings (SSSR count). The quantitative estimate of drug-likeness (QED) is 0.787. The summed E-state index contributed by atoms with van der Waals surface area (Å²) < 4.78 is 16.5. The number of methoxy groups -OCH3 is 2. The summed E-state index contributed by atoms with van der Waals surface area (Å²) in [4.78, 5) is 17.4. The zero-order valence-electron chi connectivity index (χ0n) is 15.1. The summed E-state index contributed by atoms with van der Waals surface area (Å²) in [6, 6.07) is 3.36. The number of carbonyl (C=O) groups excluding carboxylic acids is 1. The maximum Gasteiger partial charge on any atom is 0.252 e. The Hall–Kier alpha value is -2.09. The average molecular weight is 424 g/mol. The maximum atomic E-state index is 13.0. The zero-order valence-corrected chi connectivity index (χ0v) is 16.7. The van der Waals surface area contributed by atoms with Gasteiger partial charge >= 0.3 is 0 Å². The number of rotatable bonds is 5. The first kappa shape index (κ1) is 18.7. The molecule has 0 saturated heterocycles. The Bertz CT molecular complexity index is 774. The van der Waals surface area contributed by atoms with E-state index in [1.165, 1.54) is 0 Å². The summed E-state index contributed by atoms with van der Waals surface area (Å²) in [6.45, 7) is 1.75. The molecule has 1 heterocycles. The fourth-order valence-electron chi connectivity index (χ4n) is 3.34. The number of nitrogens with zero attached hydrogens (tertiary/aromatic N) is 2. The second-order valence-corrected chi connectivity index (χ2v) is 7.22. The molecule has 0 radical (unpaired) electrons. The normalized spacial score (nSPS) is 16.2. The van der Waals surface area contributed by atoms with Crippen molar-refractivity contribution in [2.45, 2.75) is 44.6 Å². The number of halogens is 1. The lowest BCUT2D eigenvalue weighted by molar-refractivity contribution is 0.0854. The Morgan fingerprint density at radius 1 is 1.19 bits per heavy atom. The molecule has 8 heteroatoms. The molecule has 1 aliphatic rings. The number of ether oxygens (including phenoxy) is 2. The fraction of sp³-hybridized carbons (Fsp3) is 0.500. The highest BCUT2D eigenvalue weighted by Crippen LogP contribution is 2.38. The number of nitrogens with one attached hydrogen (secondary N) is 1. The molecule has 1 N–H and O–H groups in total. The molecule has 2 aromatic rings. The lowest BCUT2D eigenvalue weighted by Gasteiger charge is -2.35. The molecule has 0 unspecified atom stereocenters. The summed E-state index contributed by atoms with van der Waals surface area (Å²) in [6.07, 6.45) is 4.70. The minimum absolute atomic E-state index is 0.224. The topological polar surface area (TPSA) is 86.5 Å². The SMILES string of the molecule is COc1cc(C(=O)NC2(c3noc(C)n3)CCCCC2)cc(OC)c1Br. The van der Waals surface area contributed by atoms with E-state index in [0.717, 1.165) is 32.1 Å². The fourth-order valence-corrected chi connectivity index (χ4v) is 3.90. The van der Waals surface area contributed by atoms with Gasteiger partial charge in [0.2, 0.25) is 5.89 Å². The van der Waals surface area contributed by atoms with E-state index in [9.17, 15) is 4.79 Å². The number of carbonyl (C=O) groups is 1. The predicted octanol–water partition coefficient (Wildman–Crippen LogP) is 3.75. The van der Waals surface area contributed by atoms with Crippen LogP contribution in [0.4, 0.5) is 0 Å². The van der Waals surface area contributed by atoms with Crippen molar-refractivity contribution in [3.05, 3.63) is 33.9 Å². The summed E-state index contributed by atoms with van der Waals surface area (Å²) >= 11 is 3.42. The number of benzene rings is 1. The highest BCUT2D eigenvalue weighted by Gasteiger charge is 2.40. The minimum atomic E-state index is -0.610. The average Bonchev–Trinajstić information content (AvgIpc) is 3.09. The van der Waals surface area contributed by atoms with E-state index in [4.69, 9.17) is 14.0 Å². The molecule has 1 fully saturated rings. The zero-order chi connectivity index (χ0) is 18.7. The molecular weight excluding hydrogens is 402 g/mol. The van der Waals surface area contributed by atoms with Gasteiger partial charge in [-0.25, -0.2) is 0 Å². The van der Waals surface area contributed by atoms with Crippen molar-refractivity contribution in [3.8, 4) is 11.5 Å². The molecule has 1 amide bonds. The monoisotopic (exact) mass is 423 g/mol. The van der Waals surface area contributed by atoms with Crippen molar-refractivity contribution in [3.63, 3.8) is 0 Å². The Kier molecular flexibility index (Phi) is 5.50. The van der Waals surface area contributed by atoms with Gasteiger partial charge in [0.1, 0.15) is 21.5 Å². The lowest BCUT2D eigenvalue weighted by Crippen LogP contribution is -2.48. The van der Waals surface area contributed by atoms with Gasteiger partial charge in [-0.2, -0.15) is 4.98 Å². The van der Waals surface area contributed by atoms with Gasteiger partial charge in [0.15, 0.2) is 5.82 Å². The highest BCUT2D eigenvalue weighted by atomic mass is 79.9. The van der Waals surface area contributed by atoms with E-state index in [-0.39, 0.29) is 5.91 Å². The molecule has 1 aliphatic carbocycles.